The monoisotopic (exact) mass is 400 g/mol. The fourth-order valence-corrected chi connectivity index (χ4v) is 3.49. The van der Waals surface area contributed by atoms with Crippen molar-refractivity contribution in [3.63, 3.8) is 0 Å². The van der Waals surface area contributed by atoms with E-state index < -0.39 is 14.1 Å². The fourth-order valence-electron chi connectivity index (χ4n) is 2.37. The van der Waals surface area contributed by atoms with E-state index in [9.17, 15) is 4.79 Å². The van der Waals surface area contributed by atoms with Crippen LogP contribution in [0.1, 0.15) is 18.5 Å². The molecule has 1 aromatic rings. The Morgan fingerprint density at radius 2 is 2.13 bits per heavy atom. The highest BCUT2D eigenvalue weighted by molar-refractivity contribution is 9.10. The highest BCUT2D eigenvalue weighted by atomic mass is 79.9. The number of hydrazine groups is 1. The molecule has 128 valence electrons. The number of fused-ring (bicyclic) bond motifs is 1. The van der Waals surface area contributed by atoms with Crippen molar-refractivity contribution in [3.8, 4) is 0 Å². The quantitative estimate of drug-likeness (QED) is 0.425. The first-order valence-electron chi connectivity index (χ1n) is 7.89. The second-order valence-corrected chi connectivity index (χ2v) is 13.4. The molecule has 0 amide bonds. The van der Waals surface area contributed by atoms with Gasteiger partial charge in [0.1, 0.15) is 6.73 Å². The number of esters is 1. The maximum absolute atomic E-state index is 12.3. The maximum Gasteiger partial charge on any atom is 0.330 e. The van der Waals surface area contributed by atoms with Gasteiger partial charge in [0.05, 0.1) is 12.3 Å². The molecule has 0 radical (unpaired) electrons. The summed E-state index contributed by atoms with van der Waals surface area (Å²) in [5, 5.41) is 1.80. The van der Waals surface area contributed by atoms with Crippen LogP contribution in [0.15, 0.2) is 22.7 Å². The summed E-state index contributed by atoms with van der Waals surface area (Å²) in [6, 6.07) is 6.47. The predicted molar refractivity (Wildman–Crippen MR) is 97.9 cm³/mol. The van der Waals surface area contributed by atoms with Crippen molar-refractivity contribution in [1.29, 1.82) is 0 Å². The van der Waals surface area contributed by atoms with Crippen molar-refractivity contribution in [3.05, 3.63) is 28.2 Å². The number of rotatable bonds is 7. The molecule has 7 heteroatoms. The molecule has 5 nitrogen and oxygen atoms in total. The van der Waals surface area contributed by atoms with Crippen molar-refractivity contribution in [1.82, 2.24) is 5.01 Å². The third-order valence-corrected chi connectivity index (χ3v) is 5.82. The number of carbonyl (C=O) groups is 1. The third-order valence-electron chi connectivity index (χ3n) is 3.62. The van der Waals surface area contributed by atoms with Crippen LogP contribution in [0.2, 0.25) is 25.7 Å². The van der Waals surface area contributed by atoms with Crippen molar-refractivity contribution >= 4 is 35.7 Å². The van der Waals surface area contributed by atoms with Crippen LogP contribution in [0.5, 0.6) is 0 Å². The minimum absolute atomic E-state index is 0.255. The second-order valence-electron chi connectivity index (χ2n) is 6.82. The first-order valence-corrected chi connectivity index (χ1v) is 12.4. The van der Waals surface area contributed by atoms with Crippen molar-refractivity contribution in [2.45, 2.75) is 38.7 Å². The molecule has 1 N–H and O–H groups in total. The Balaban J connectivity index is 2.05. The number of benzene rings is 1. The maximum atomic E-state index is 12.3. The molecule has 23 heavy (non-hydrogen) atoms. The van der Waals surface area contributed by atoms with Gasteiger partial charge in [-0.25, -0.2) is 4.79 Å². The second kappa shape index (κ2) is 7.79. The lowest BCUT2D eigenvalue weighted by atomic mass is 10.1. The van der Waals surface area contributed by atoms with E-state index in [4.69, 9.17) is 9.47 Å². The van der Waals surface area contributed by atoms with Gasteiger partial charge in [0, 0.05) is 24.7 Å². The van der Waals surface area contributed by atoms with Crippen molar-refractivity contribution in [2.75, 3.05) is 25.4 Å². The van der Waals surface area contributed by atoms with Crippen LogP contribution in [0, 0.1) is 0 Å². The van der Waals surface area contributed by atoms with Crippen LogP contribution < -0.4 is 5.43 Å². The van der Waals surface area contributed by atoms with Crippen LogP contribution >= 0.6 is 15.9 Å². The Morgan fingerprint density at radius 3 is 2.78 bits per heavy atom. The van der Waals surface area contributed by atoms with E-state index in [-0.39, 0.29) is 5.97 Å². The molecular formula is C16H25BrN2O3Si. The van der Waals surface area contributed by atoms with Crippen LogP contribution in [0.25, 0.3) is 0 Å². The molecule has 1 aromatic carbocycles. The van der Waals surface area contributed by atoms with Crippen LogP contribution in [-0.2, 0) is 14.3 Å². The molecule has 0 fully saturated rings. The lowest BCUT2D eigenvalue weighted by molar-refractivity contribution is -0.150. The summed E-state index contributed by atoms with van der Waals surface area (Å²) in [6.07, 6.45) is 0. The number of hydrogen-bond donors (Lipinski definition) is 1. The first kappa shape index (κ1) is 18.4. The van der Waals surface area contributed by atoms with Crippen LogP contribution in [-0.4, -0.2) is 39.0 Å². The average molecular weight is 401 g/mol. The summed E-state index contributed by atoms with van der Waals surface area (Å²) in [4.78, 5) is 12.3. The standard InChI is InChI=1S/C16H25BrN2O3Si/c1-5-22-16(20)15-13-7-6-12(17)10-14(13)18-19(15)11-21-8-9-23(2,3)4/h6-7,10,15,18H,5,8-9,11H2,1-4H3. The normalized spacial score (nSPS) is 17.7. The van der Waals surface area contributed by atoms with Gasteiger partial charge in [0.2, 0.25) is 0 Å². The Morgan fingerprint density at radius 1 is 1.39 bits per heavy atom. The Kier molecular flexibility index (Phi) is 6.24. The van der Waals surface area contributed by atoms with Crippen LogP contribution in [0.3, 0.4) is 0 Å². The number of anilines is 1. The van der Waals surface area contributed by atoms with E-state index in [1.807, 2.05) is 25.1 Å². The lowest BCUT2D eigenvalue weighted by Crippen LogP contribution is -2.36. The summed E-state index contributed by atoms with van der Waals surface area (Å²) in [7, 11) is -1.12. The fraction of sp³-hybridized carbons (Fsp3) is 0.562. The number of halogens is 1. The molecule has 0 saturated heterocycles. The molecule has 0 spiro atoms. The zero-order chi connectivity index (χ0) is 17.0. The topological polar surface area (TPSA) is 50.8 Å². The van der Waals surface area contributed by atoms with E-state index in [1.165, 1.54) is 0 Å². The van der Waals surface area contributed by atoms with Gasteiger partial charge in [0.15, 0.2) is 6.04 Å². The van der Waals surface area contributed by atoms with Gasteiger partial charge in [-0.2, -0.15) is 5.01 Å². The summed E-state index contributed by atoms with van der Waals surface area (Å²) in [6.45, 7) is 10.2. The minimum Gasteiger partial charge on any atom is -0.465 e. The SMILES string of the molecule is CCOC(=O)C1c2ccc(Br)cc2NN1COCC[Si](C)(C)C. The summed E-state index contributed by atoms with van der Waals surface area (Å²) in [5.74, 6) is -0.255. The minimum atomic E-state index is -1.12. The number of nitrogens with zero attached hydrogens (tertiary/aromatic N) is 1. The van der Waals surface area contributed by atoms with Crippen molar-refractivity contribution < 1.29 is 14.3 Å². The molecule has 1 atom stereocenters. The average Bonchev–Trinajstić information content (AvgIpc) is 2.80. The number of hydrogen-bond acceptors (Lipinski definition) is 5. The molecule has 0 aliphatic carbocycles. The molecule has 0 bridgehead atoms. The van der Waals surface area contributed by atoms with E-state index in [0.29, 0.717) is 19.9 Å². The van der Waals surface area contributed by atoms with Crippen molar-refractivity contribution in [2.24, 2.45) is 0 Å². The third kappa shape index (κ3) is 5.04. The summed E-state index contributed by atoms with van der Waals surface area (Å²) < 4.78 is 12.0. The van der Waals surface area contributed by atoms with Gasteiger partial charge in [0.25, 0.3) is 0 Å². The Hall–Kier alpha value is -0.893. The van der Waals surface area contributed by atoms with Gasteiger partial charge < -0.3 is 14.9 Å². The molecule has 1 aliphatic rings. The van der Waals surface area contributed by atoms with Gasteiger partial charge in [-0.15, -0.1) is 0 Å². The van der Waals surface area contributed by atoms with Gasteiger partial charge in [-0.3, -0.25) is 0 Å². The largest absolute Gasteiger partial charge is 0.465 e. The van der Waals surface area contributed by atoms with E-state index in [2.05, 4.69) is 41.0 Å². The summed E-state index contributed by atoms with van der Waals surface area (Å²) in [5.41, 5.74) is 5.08. The highest BCUT2D eigenvalue weighted by Crippen LogP contribution is 2.37. The first-order chi connectivity index (χ1) is 10.8. The highest BCUT2D eigenvalue weighted by Gasteiger charge is 2.37. The van der Waals surface area contributed by atoms with E-state index in [0.717, 1.165) is 21.8 Å². The zero-order valence-corrected chi connectivity index (χ0v) is 16.8. The van der Waals surface area contributed by atoms with Crippen LogP contribution in [0.4, 0.5) is 5.69 Å². The molecular weight excluding hydrogens is 376 g/mol. The lowest BCUT2D eigenvalue weighted by Gasteiger charge is -2.24. The Labute approximate surface area is 147 Å². The smallest absolute Gasteiger partial charge is 0.330 e. The van der Waals surface area contributed by atoms with E-state index >= 15 is 0 Å². The van der Waals surface area contributed by atoms with E-state index in [1.54, 1.807) is 5.01 Å². The molecule has 0 aromatic heterocycles. The predicted octanol–water partition coefficient (Wildman–Crippen LogP) is 4.01. The zero-order valence-electron chi connectivity index (χ0n) is 14.2. The Bertz CT molecular complexity index is 563. The number of carbonyl (C=O) groups excluding carboxylic acids is 1. The van der Waals surface area contributed by atoms with Gasteiger partial charge in [-0.05, 0) is 25.1 Å². The molecule has 2 rings (SSSR count). The van der Waals surface area contributed by atoms with Gasteiger partial charge in [-0.1, -0.05) is 41.6 Å². The molecule has 1 unspecified atom stereocenters. The number of nitrogens with one attached hydrogen (secondary N) is 1. The molecule has 1 heterocycles. The van der Waals surface area contributed by atoms with Gasteiger partial charge >= 0.3 is 5.97 Å². The summed E-state index contributed by atoms with van der Waals surface area (Å²) >= 11 is 3.46. The molecule has 0 saturated carbocycles. The number of ether oxygens (including phenoxy) is 2. The molecule has 1 aliphatic heterocycles.